The molecule has 0 spiro atoms. The minimum absolute atomic E-state index is 0.201. The molecule has 2 aliphatic heterocycles. The monoisotopic (exact) mass is 264 g/mol. The number of aromatic nitrogens is 1. The van der Waals surface area contributed by atoms with Crippen molar-refractivity contribution < 1.29 is 4.74 Å². The first kappa shape index (κ1) is 12.5. The Morgan fingerprint density at radius 1 is 1.28 bits per heavy atom. The lowest BCUT2D eigenvalue weighted by molar-refractivity contribution is -0.0131. The first-order valence-corrected chi connectivity index (χ1v) is 7.94. The molecule has 3 atom stereocenters. The van der Waals surface area contributed by atoms with E-state index >= 15 is 0 Å². The quantitative estimate of drug-likeness (QED) is 0.909. The van der Waals surface area contributed by atoms with Crippen LogP contribution in [0, 0.1) is 0 Å². The van der Waals surface area contributed by atoms with Crippen molar-refractivity contribution in [3.63, 3.8) is 0 Å². The van der Waals surface area contributed by atoms with Crippen molar-refractivity contribution in [1.29, 1.82) is 0 Å². The van der Waals surface area contributed by atoms with Crippen LogP contribution in [0.3, 0.4) is 0 Å². The average Bonchev–Trinajstić information content (AvgIpc) is 2.93. The smallest absolute Gasteiger partial charge is 0.0978 e. The van der Waals surface area contributed by atoms with Crippen LogP contribution in [-0.2, 0) is 4.74 Å². The van der Waals surface area contributed by atoms with Gasteiger partial charge in [0.2, 0.25) is 0 Å². The summed E-state index contributed by atoms with van der Waals surface area (Å²) in [5.41, 5.74) is 1.26. The minimum atomic E-state index is 0.201. The number of nitrogens with one attached hydrogen (secondary N) is 1. The maximum atomic E-state index is 5.99. The molecule has 0 aliphatic carbocycles. The van der Waals surface area contributed by atoms with Crippen molar-refractivity contribution in [3.8, 4) is 0 Å². The van der Waals surface area contributed by atoms with Crippen LogP contribution >= 0.6 is 11.8 Å². The van der Waals surface area contributed by atoms with Gasteiger partial charge in [-0.3, -0.25) is 4.98 Å². The van der Waals surface area contributed by atoms with E-state index < -0.39 is 0 Å². The number of hydrogen-bond donors (Lipinski definition) is 1. The number of ether oxygens (including phenoxy) is 1. The summed E-state index contributed by atoms with van der Waals surface area (Å²) in [7, 11) is 0. The van der Waals surface area contributed by atoms with Gasteiger partial charge in [-0.1, -0.05) is 0 Å². The summed E-state index contributed by atoms with van der Waals surface area (Å²) in [5.74, 6) is 2.55. The summed E-state index contributed by atoms with van der Waals surface area (Å²) in [6, 6.07) is 5.29. The molecule has 1 aromatic heterocycles. The number of hydrogen-bond acceptors (Lipinski definition) is 4. The van der Waals surface area contributed by atoms with Crippen LogP contribution in [0.4, 0.5) is 0 Å². The largest absolute Gasteiger partial charge is 0.372 e. The molecule has 3 nitrogen and oxygen atoms in total. The van der Waals surface area contributed by atoms with Crippen molar-refractivity contribution >= 4 is 11.8 Å². The van der Waals surface area contributed by atoms with Crippen molar-refractivity contribution in [3.05, 3.63) is 30.1 Å². The molecule has 1 N–H and O–H groups in total. The molecule has 2 saturated heterocycles. The Labute approximate surface area is 113 Å². The Morgan fingerprint density at radius 3 is 2.94 bits per heavy atom. The van der Waals surface area contributed by atoms with Crippen molar-refractivity contribution in [2.45, 2.75) is 37.5 Å². The zero-order valence-electron chi connectivity index (χ0n) is 10.5. The molecular formula is C14H20N2OS. The topological polar surface area (TPSA) is 34.1 Å². The molecular weight excluding hydrogens is 244 g/mol. The first-order chi connectivity index (χ1) is 8.93. The van der Waals surface area contributed by atoms with Gasteiger partial charge in [0.15, 0.2) is 0 Å². The molecule has 0 bridgehead atoms. The van der Waals surface area contributed by atoms with Gasteiger partial charge >= 0.3 is 0 Å². The molecule has 3 heterocycles. The van der Waals surface area contributed by atoms with Crippen LogP contribution < -0.4 is 5.32 Å². The third-order valence-corrected chi connectivity index (χ3v) is 4.90. The van der Waals surface area contributed by atoms with Gasteiger partial charge in [-0.2, -0.15) is 11.8 Å². The molecule has 2 fully saturated rings. The van der Waals surface area contributed by atoms with E-state index in [0.717, 1.165) is 6.61 Å². The Bertz CT molecular complexity index is 367. The Morgan fingerprint density at radius 2 is 2.17 bits per heavy atom. The standard InChI is InChI=1S/C14H20N2OS/c1-2-13(16-12-5-9-18-10-12)14(17-8-1)11-3-6-15-7-4-11/h3-4,6-7,12-14,16H,1-2,5,8-10H2/t12?,13-,14+/m0/s1. The predicted molar refractivity (Wildman–Crippen MR) is 74.8 cm³/mol. The highest BCUT2D eigenvalue weighted by atomic mass is 32.2. The summed E-state index contributed by atoms with van der Waals surface area (Å²) in [6.45, 7) is 0.880. The van der Waals surface area contributed by atoms with Crippen LogP contribution in [0.5, 0.6) is 0 Å². The molecule has 1 aromatic rings. The van der Waals surface area contributed by atoms with Crippen LogP contribution in [0.15, 0.2) is 24.5 Å². The van der Waals surface area contributed by atoms with Crippen LogP contribution in [0.2, 0.25) is 0 Å². The highest BCUT2D eigenvalue weighted by Gasteiger charge is 2.30. The van der Waals surface area contributed by atoms with Crippen LogP contribution in [0.25, 0.3) is 0 Å². The van der Waals surface area contributed by atoms with Gasteiger partial charge in [-0.15, -0.1) is 0 Å². The Balaban J connectivity index is 1.69. The van der Waals surface area contributed by atoms with E-state index in [1.165, 1.54) is 36.3 Å². The molecule has 4 heteroatoms. The van der Waals surface area contributed by atoms with Gasteiger partial charge < -0.3 is 10.1 Å². The number of thioether (sulfide) groups is 1. The summed E-state index contributed by atoms with van der Waals surface area (Å²) in [4.78, 5) is 4.09. The summed E-state index contributed by atoms with van der Waals surface area (Å²) < 4.78 is 5.99. The molecule has 0 amide bonds. The molecule has 98 valence electrons. The lowest BCUT2D eigenvalue weighted by Crippen LogP contribution is -2.45. The summed E-state index contributed by atoms with van der Waals surface area (Å²) >= 11 is 2.05. The van der Waals surface area contributed by atoms with E-state index in [-0.39, 0.29) is 6.10 Å². The third-order valence-electron chi connectivity index (χ3n) is 3.74. The lowest BCUT2D eigenvalue weighted by Gasteiger charge is -2.34. The summed E-state index contributed by atoms with van der Waals surface area (Å²) in [6.07, 6.45) is 7.59. The molecule has 0 radical (unpaired) electrons. The molecule has 2 aliphatic rings. The normalized spacial score (nSPS) is 32.6. The van der Waals surface area contributed by atoms with E-state index in [1.807, 2.05) is 12.4 Å². The van der Waals surface area contributed by atoms with Gasteiger partial charge in [-0.05, 0) is 42.7 Å². The van der Waals surface area contributed by atoms with Crippen molar-refractivity contribution in [2.75, 3.05) is 18.1 Å². The van der Waals surface area contributed by atoms with Gasteiger partial charge in [-0.25, -0.2) is 0 Å². The number of pyridine rings is 1. The van der Waals surface area contributed by atoms with E-state index in [0.29, 0.717) is 12.1 Å². The predicted octanol–water partition coefficient (Wildman–Crippen LogP) is 2.40. The SMILES string of the molecule is c1cc([C@H]2OCCC[C@@H]2NC2CCSC2)ccn1. The van der Waals surface area contributed by atoms with Gasteiger partial charge in [0.25, 0.3) is 0 Å². The lowest BCUT2D eigenvalue weighted by atomic mass is 9.96. The van der Waals surface area contributed by atoms with Crippen LogP contribution in [-0.4, -0.2) is 35.2 Å². The third kappa shape index (κ3) is 2.87. The van der Waals surface area contributed by atoms with E-state index in [1.54, 1.807) is 0 Å². The second-order valence-corrected chi connectivity index (χ2v) is 6.20. The second-order valence-electron chi connectivity index (χ2n) is 5.05. The Kier molecular flexibility index (Phi) is 4.18. The second kappa shape index (κ2) is 6.04. The molecule has 0 saturated carbocycles. The number of nitrogens with zero attached hydrogens (tertiary/aromatic N) is 1. The zero-order valence-corrected chi connectivity index (χ0v) is 11.4. The molecule has 0 aromatic carbocycles. The average molecular weight is 264 g/mol. The van der Waals surface area contributed by atoms with E-state index in [2.05, 4.69) is 34.2 Å². The van der Waals surface area contributed by atoms with Crippen molar-refractivity contribution in [2.24, 2.45) is 0 Å². The fourth-order valence-corrected chi connectivity index (χ4v) is 3.97. The van der Waals surface area contributed by atoms with E-state index in [4.69, 9.17) is 4.74 Å². The van der Waals surface area contributed by atoms with Gasteiger partial charge in [0.1, 0.15) is 0 Å². The molecule has 1 unspecified atom stereocenters. The van der Waals surface area contributed by atoms with Gasteiger partial charge in [0, 0.05) is 36.8 Å². The Hall–Kier alpha value is -0.580. The number of rotatable bonds is 3. The van der Waals surface area contributed by atoms with Crippen molar-refractivity contribution in [1.82, 2.24) is 10.3 Å². The minimum Gasteiger partial charge on any atom is -0.372 e. The first-order valence-electron chi connectivity index (χ1n) is 6.79. The highest BCUT2D eigenvalue weighted by molar-refractivity contribution is 7.99. The maximum Gasteiger partial charge on any atom is 0.0978 e. The maximum absolute atomic E-state index is 5.99. The van der Waals surface area contributed by atoms with E-state index in [9.17, 15) is 0 Å². The summed E-state index contributed by atoms with van der Waals surface area (Å²) in [5, 5.41) is 3.80. The van der Waals surface area contributed by atoms with Crippen LogP contribution in [0.1, 0.15) is 30.9 Å². The van der Waals surface area contributed by atoms with Gasteiger partial charge in [0.05, 0.1) is 6.10 Å². The fraction of sp³-hybridized carbons (Fsp3) is 0.643. The molecule has 3 rings (SSSR count). The molecule has 18 heavy (non-hydrogen) atoms. The highest BCUT2D eigenvalue weighted by Crippen LogP contribution is 2.29. The zero-order chi connectivity index (χ0) is 12.2. The fourth-order valence-electron chi connectivity index (χ4n) is 2.80.